The highest BCUT2D eigenvalue weighted by Crippen LogP contribution is 2.30. The van der Waals surface area contributed by atoms with Crippen LogP contribution < -0.4 is 0 Å². The molecule has 1 aromatic carbocycles. The van der Waals surface area contributed by atoms with E-state index in [1.807, 2.05) is 11.8 Å². The zero-order valence-electron chi connectivity index (χ0n) is 18.6. The van der Waals surface area contributed by atoms with Crippen molar-refractivity contribution in [3.8, 4) is 11.4 Å². The molecule has 0 spiro atoms. The van der Waals surface area contributed by atoms with Gasteiger partial charge in [0.25, 0.3) is 0 Å². The molecule has 158 valence electrons. The van der Waals surface area contributed by atoms with Gasteiger partial charge in [-0.05, 0) is 43.6 Å². The number of hydrogen-bond acceptors (Lipinski definition) is 4. The van der Waals surface area contributed by atoms with Crippen LogP contribution in [0.2, 0.25) is 0 Å². The molecule has 0 saturated carbocycles. The molecule has 0 aliphatic carbocycles. The summed E-state index contributed by atoms with van der Waals surface area (Å²) in [6.07, 6.45) is 2.20. The fourth-order valence-electron chi connectivity index (χ4n) is 3.69. The highest BCUT2D eigenvalue weighted by Gasteiger charge is 2.27. The minimum atomic E-state index is -0.158. The van der Waals surface area contributed by atoms with E-state index in [4.69, 9.17) is 0 Å². The van der Waals surface area contributed by atoms with Crippen molar-refractivity contribution in [2.45, 2.75) is 76.8 Å². The second-order valence-corrected chi connectivity index (χ2v) is 10.5. The Morgan fingerprint density at radius 3 is 2.34 bits per heavy atom. The first-order valence-corrected chi connectivity index (χ1v) is 11.6. The van der Waals surface area contributed by atoms with Crippen LogP contribution in [0.25, 0.3) is 11.4 Å². The SMILES string of the molecule is CCn1c(SC(C)C(=O)N2CCC(C)CC2)nnc1-c1ccc(C(C)(C)C)cc1. The maximum absolute atomic E-state index is 12.9. The van der Waals surface area contributed by atoms with E-state index in [9.17, 15) is 4.79 Å². The summed E-state index contributed by atoms with van der Waals surface area (Å²) >= 11 is 1.52. The molecule has 0 bridgehead atoms. The van der Waals surface area contributed by atoms with Crippen molar-refractivity contribution in [1.29, 1.82) is 0 Å². The smallest absolute Gasteiger partial charge is 0.235 e. The van der Waals surface area contributed by atoms with E-state index < -0.39 is 0 Å². The van der Waals surface area contributed by atoms with Gasteiger partial charge in [0, 0.05) is 25.2 Å². The van der Waals surface area contributed by atoms with Gasteiger partial charge in [0.1, 0.15) is 0 Å². The maximum Gasteiger partial charge on any atom is 0.235 e. The standard InChI is InChI=1S/C23H34N4OS/c1-7-27-20(18-8-10-19(11-9-18)23(4,5)6)24-25-22(27)29-17(3)21(28)26-14-12-16(2)13-15-26/h8-11,16-17H,7,12-15H2,1-6H3. The number of piperidine rings is 1. The third-order valence-corrected chi connectivity index (χ3v) is 6.84. The number of hydrogen-bond donors (Lipinski definition) is 0. The Morgan fingerprint density at radius 2 is 1.79 bits per heavy atom. The highest BCUT2D eigenvalue weighted by atomic mass is 32.2. The van der Waals surface area contributed by atoms with Gasteiger partial charge < -0.3 is 9.47 Å². The summed E-state index contributed by atoms with van der Waals surface area (Å²) in [5.74, 6) is 1.79. The van der Waals surface area contributed by atoms with Crippen LogP contribution in [0.1, 0.15) is 59.9 Å². The van der Waals surface area contributed by atoms with E-state index >= 15 is 0 Å². The van der Waals surface area contributed by atoms with Crippen LogP contribution in [-0.4, -0.2) is 43.9 Å². The normalized spacial score (nSPS) is 16.8. The fourth-order valence-corrected chi connectivity index (χ4v) is 4.69. The lowest BCUT2D eigenvalue weighted by Gasteiger charge is -2.31. The van der Waals surface area contributed by atoms with Gasteiger partial charge in [0.2, 0.25) is 5.91 Å². The Hall–Kier alpha value is -1.82. The van der Waals surface area contributed by atoms with Crippen molar-refractivity contribution in [2.75, 3.05) is 13.1 Å². The van der Waals surface area contributed by atoms with Crippen LogP contribution in [0.5, 0.6) is 0 Å². The molecule has 1 amide bonds. The average molecular weight is 415 g/mol. The molecular weight excluding hydrogens is 380 g/mol. The largest absolute Gasteiger partial charge is 0.342 e. The molecule has 2 heterocycles. The molecule has 1 atom stereocenters. The number of carbonyl (C=O) groups is 1. The zero-order chi connectivity index (χ0) is 21.2. The predicted octanol–water partition coefficient (Wildman–Crippen LogP) is 5.00. The van der Waals surface area contributed by atoms with E-state index in [2.05, 4.69) is 73.6 Å². The maximum atomic E-state index is 12.9. The van der Waals surface area contributed by atoms with Gasteiger partial charge in [0.15, 0.2) is 11.0 Å². The lowest BCUT2D eigenvalue weighted by Crippen LogP contribution is -2.41. The minimum absolute atomic E-state index is 0.125. The van der Waals surface area contributed by atoms with Crippen molar-refractivity contribution in [3.63, 3.8) is 0 Å². The van der Waals surface area contributed by atoms with Gasteiger partial charge >= 0.3 is 0 Å². The summed E-state index contributed by atoms with van der Waals surface area (Å²) in [7, 11) is 0. The molecule has 1 aromatic heterocycles. The van der Waals surface area contributed by atoms with Crippen molar-refractivity contribution < 1.29 is 4.79 Å². The predicted molar refractivity (Wildman–Crippen MR) is 120 cm³/mol. The van der Waals surface area contributed by atoms with Crippen LogP contribution >= 0.6 is 11.8 Å². The summed E-state index contributed by atoms with van der Waals surface area (Å²) < 4.78 is 2.11. The van der Waals surface area contributed by atoms with Crippen molar-refractivity contribution >= 4 is 17.7 Å². The van der Waals surface area contributed by atoms with Crippen LogP contribution in [0, 0.1) is 5.92 Å². The zero-order valence-corrected chi connectivity index (χ0v) is 19.4. The van der Waals surface area contributed by atoms with Crippen LogP contribution in [0.4, 0.5) is 0 Å². The first-order chi connectivity index (χ1) is 13.7. The van der Waals surface area contributed by atoms with E-state index in [0.29, 0.717) is 0 Å². The molecule has 3 rings (SSSR count). The summed E-state index contributed by atoms with van der Waals surface area (Å²) in [4.78, 5) is 14.9. The summed E-state index contributed by atoms with van der Waals surface area (Å²) in [6, 6.07) is 8.57. The van der Waals surface area contributed by atoms with Gasteiger partial charge in [0.05, 0.1) is 5.25 Å². The number of benzene rings is 1. The lowest BCUT2D eigenvalue weighted by atomic mass is 9.87. The Bertz CT molecular complexity index is 830. The van der Waals surface area contributed by atoms with Crippen molar-refractivity contribution in [1.82, 2.24) is 19.7 Å². The third kappa shape index (κ3) is 5.03. The van der Waals surface area contributed by atoms with E-state index in [1.54, 1.807) is 0 Å². The fraction of sp³-hybridized carbons (Fsp3) is 0.609. The van der Waals surface area contributed by atoms with Crippen LogP contribution in [0.15, 0.2) is 29.4 Å². The number of rotatable bonds is 5. The lowest BCUT2D eigenvalue weighted by molar-refractivity contribution is -0.131. The van der Waals surface area contributed by atoms with Crippen molar-refractivity contribution in [2.24, 2.45) is 5.92 Å². The first kappa shape index (κ1) is 21.9. The highest BCUT2D eigenvalue weighted by molar-refractivity contribution is 8.00. The first-order valence-electron chi connectivity index (χ1n) is 10.7. The summed E-state index contributed by atoms with van der Waals surface area (Å²) in [5.41, 5.74) is 2.48. The quantitative estimate of drug-likeness (QED) is 0.646. The summed E-state index contributed by atoms with van der Waals surface area (Å²) in [6.45, 7) is 15.5. The molecule has 1 saturated heterocycles. The van der Waals surface area contributed by atoms with E-state index in [-0.39, 0.29) is 16.6 Å². The molecule has 1 aliphatic rings. The number of nitrogens with zero attached hydrogens (tertiary/aromatic N) is 4. The molecule has 0 radical (unpaired) electrons. The number of likely N-dealkylation sites (tertiary alicyclic amines) is 1. The van der Waals surface area contributed by atoms with Gasteiger partial charge in [-0.3, -0.25) is 4.79 Å². The minimum Gasteiger partial charge on any atom is -0.342 e. The van der Waals surface area contributed by atoms with Gasteiger partial charge in [-0.15, -0.1) is 10.2 Å². The molecule has 1 unspecified atom stereocenters. The Kier molecular flexibility index (Phi) is 6.72. The van der Waals surface area contributed by atoms with Gasteiger partial charge in [-0.25, -0.2) is 0 Å². The summed E-state index contributed by atoms with van der Waals surface area (Å²) in [5, 5.41) is 9.53. The molecule has 2 aromatic rings. The molecule has 5 nitrogen and oxygen atoms in total. The molecule has 6 heteroatoms. The molecule has 1 fully saturated rings. The molecular formula is C23H34N4OS. The van der Waals surface area contributed by atoms with Gasteiger partial charge in [-0.1, -0.05) is 63.7 Å². The Labute approximate surface area is 179 Å². The molecule has 1 aliphatic heterocycles. The average Bonchev–Trinajstić information content (AvgIpc) is 3.09. The van der Waals surface area contributed by atoms with Crippen LogP contribution in [0.3, 0.4) is 0 Å². The van der Waals surface area contributed by atoms with Crippen molar-refractivity contribution in [3.05, 3.63) is 29.8 Å². The van der Waals surface area contributed by atoms with E-state index in [0.717, 1.165) is 54.9 Å². The number of amides is 1. The van der Waals surface area contributed by atoms with E-state index in [1.165, 1.54) is 17.3 Å². The van der Waals surface area contributed by atoms with Gasteiger partial charge in [-0.2, -0.15) is 0 Å². The topological polar surface area (TPSA) is 51.0 Å². The monoisotopic (exact) mass is 414 g/mol. The second-order valence-electron chi connectivity index (χ2n) is 9.15. The number of carbonyl (C=O) groups excluding carboxylic acids is 1. The number of aromatic nitrogens is 3. The Balaban J connectivity index is 1.74. The van der Waals surface area contributed by atoms with Crippen LogP contribution in [-0.2, 0) is 16.8 Å². The third-order valence-electron chi connectivity index (χ3n) is 5.77. The second kappa shape index (κ2) is 8.90. The Morgan fingerprint density at radius 1 is 1.17 bits per heavy atom. The number of thioether (sulfide) groups is 1. The molecule has 0 N–H and O–H groups in total. The molecule has 29 heavy (non-hydrogen) atoms.